The smallest absolute Gasteiger partial charge is 0.270 e. The van der Waals surface area contributed by atoms with Crippen LogP contribution in [0, 0.1) is 12.8 Å². The van der Waals surface area contributed by atoms with Crippen molar-refractivity contribution in [3.05, 3.63) is 47.3 Å². The number of hydrogen-bond acceptors (Lipinski definition) is 5. The van der Waals surface area contributed by atoms with E-state index in [1.807, 2.05) is 31.2 Å². The van der Waals surface area contributed by atoms with E-state index in [4.69, 9.17) is 4.74 Å². The van der Waals surface area contributed by atoms with Gasteiger partial charge in [0, 0.05) is 25.3 Å². The molecule has 0 saturated carbocycles. The topological polar surface area (TPSA) is 67.3 Å². The van der Waals surface area contributed by atoms with Gasteiger partial charge >= 0.3 is 0 Å². The molecule has 3 rings (SSSR count). The summed E-state index contributed by atoms with van der Waals surface area (Å²) in [6.45, 7) is 6.62. The van der Waals surface area contributed by atoms with Gasteiger partial charge < -0.3 is 15.0 Å². The summed E-state index contributed by atoms with van der Waals surface area (Å²) in [4.78, 5) is 23.8. The fourth-order valence-electron chi connectivity index (χ4n) is 3.26. The lowest BCUT2D eigenvalue weighted by Gasteiger charge is -2.30. The molecule has 144 valence electrons. The number of aromatic nitrogens is 2. The van der Waals surface area contributed by atoms with Crippen molar-refractivity contribution in [2.75, 3.05) is 31.6 Å². The number of ether oxygens (including phenoxy) is 1. The van der Waals surface area contributed by atoms with Crippen LogP contribution in [0.3, 0.4) is 0 Å². The zero-order valence-corrected chi connectivity index (χ0v) is 16.4. The van der Waals surface area contributed by atoms with E-state index in [2.05, 4.69) is 27.1 Å². The Bertz CT molecular complexity index is 786. The maximum absolute atomic E-state index is 12.6. The Morgan fingerprint density at radius 3 is 2.78 bits per heavy atom. The number of carbonyl (C=O) groups is 1. The first-order chi connectivity index (χ1) is 13.0. The van der Waals surface area contributed by atoms with Crippen molar-refractivity contribution in [3.63, 3.8) is 0 Å². The van der Waals surface area contributed by atoms with Crippen LogP contribution in [-0.2, 0) is 6.42 Å². The van der Waals surface area contributed by atoms with Crippen LogP contribution in [-0.4, -0.2) is 42.6 Å². The normalized spacial score (nSPS) is 14.9. The van der Waals surface area contributed by atoms with Crippen LogP contribution in [0.2, 0.25) is 0 Å². The first kappa shape index (κ1) is 19.1. The Morgan fingerprint density at radius 2 is 2.04 bits per heavy atom. The van der Waals surface area contributed by atoms with Gasteiger partial charge in [-0.15, -0.1) is 0 Å². The minimum Gasteiger partial charge on any atom is -0.497 e. The zero-order valence-electron chi connectivity index (χ0n) is 16.4. The Hall–Kier alpha value is -2.63. The number of carbonyl (C=O) groups excluding carboxylic acids is 1. The van der Waals surface area contributed by atoms with Gasteiger partial charge in [0.25, 0.3) is 5.91 Å². The van der Waals surface area contributed by atoms with E-state index in [1.54, 1.807) is 13.2 Å². The first-order valence-electron chi connectivity index (χ1n) is 9.57. The molecule has 1 saturated heterocycles. The van der Waals surface area contributed by atoms with Crippen LogP contribution in [0.25, 0.3) is 0 Å². The number of anilines is 1. The second-order valence-electron chi connectivity index (χ2n) is 7.22. The zero-order chi connectivity index (χ0) is 19.2. The van der Waals surface area contributed by atoms with Crippen LogP contribution in [0.4, 0.5) is 5.95 Å². The van der Waals surface area contributed by atoms with Crippen molar-refractivity contribution < 1.29 is 9.53 Å². The predicted molar refractivity (Wildman–Crippen MR) is 106 cm³/mol. The van der Waals surface area contributed by atoms with Crippen LogP contribution < -0.4 is 15.0 Å². The molecule has 0 spiro atoms. The summed E-state index contributed by atoms with van der Waals surface area (Å²) in [5.74, 6) is 2.08. The van der Waals surface area contributed by atoms with Crippen molar-refractivity contribution in [1.29, 1.82) is 0 Å². The van der Waals surface area contributed by atoms with Crippen LogP contribution in [0.1, 0.15) is 41.5 Å². The maximum Gasteiger partial charge on any atom is 0.270 e. The van der Waals surface area contributed by atoms with Gasteiger partial charge in [-0.1, -0.05) is 19.1 Å². The standard InChI is InChI=1S/C21H28N4O2/c1-15-8-11-25(12-9-15)21-23-16(2)13-19(24-21)20(26)22-10-7-17-5-4-6-18(14-17)27-3/h4-6,13-15H,7-12H2,1-3H3,(H,22,26). The predicted octanol–water partition coefficient (Wildman–Crippen LogP) is 3.00. The molecule has 1 fully saturated rings. The number of nitrogens with zero attached hydrogens (tertiary/aromatic N) is 3. The van der Waals surface area contributed by atoms with Crippen LogP contribution in [0.5, 0.6) is 5.75 Å². The van der Waals surface area contributed by atoms with Crippen molar-refractivity contribution in [2.45, 2.75) is 33.1 Å². The molecule has 1 aliphatic rings. The van der Waals surface area contributed by atoms with E-state index in [9.17, 15) is 4.79 Å². The third-order valence-corrected chi connectivity index (χ3v) is 4.97. The van der Waals surface area contributed by atoms with Crippen molar-refractivity contribution >= 4 is 11.9 Å². The highest BCUT2D eigenvalue weighted by Gasteiger charge is 2.20. The number of amides is 1. The molecule has 0 atom stereocenters. The first-order valence-corrected chi connectivity index (χ1v) is 9.57. The second kappa shape index (κ2) is 8.84. The lowest BCUT2D eigenvalue weighted by Crippen LogP contribution is -2.35. The van der Waals surface area contributed by atoms with E-state index >= 15 is 0 Å². The van der Waals surface area contributed by atoms with Gasteiger partial charge in [-0.25, -0.2) is 9.97 Å². The molecule has 2 aromatic rings. The molecule has 1 aromatic heterocycles. The Labute approximate surface area is 161 Å². The third kappa shape index (κ3) is 5.18. The van der Waals surface area contributed by atoms with Crippen molar-refractivity contribution in [3.8, 4) is 5.75 Å². The Morgan fingerprint density at radius 1 is 1.26 bits per heavy atom. The summed E-state index contributed by atoms with van der Waals surface area (Å²) in [6.07, 6.45) is 3.02. The number of hydrogen-bond donors (Lipinski definition) is 1. The Balaban J connectivity index is 1.60. The minimum absolute atomic E-state index is 0.157. The number of benzene rings is 1. The molecule has 27 heavy (non-hydrogen) atoms. The van der Waals surface area contributed by atoms with E-state index in [0.29, 0.717) is 18.2 Å². The number of nitrogens with one attached hydrogen (secondary N) is 1. The third-order valence-electron chi connectivity index (χ3n) is 4.97. The van der Waals surface area contributed by atoms with Crippen LogP contribution >= 0.6 is 0 Å². The molecule has 6 nitrogen and oxygen atoms in total. The number of piperidine rings is 1. The molecule has 1 aliphatic heterocycles. The highest BCUT2D eigenvalue weighted by molar-refractivity contribution is 5.92. The fraction of sp³-hybridized carbons (Fsp3) is 0.476. The largest absolute Gasteiger partial charge is 0.497 e. The molecule has 0 unspecified atom stereocenters. The summed E-state index contributed by atoms with van der Waals surface area (Å²) in [5, 5.41) is 2.96. The average Bonchev–Trinajstić information content (AvgIpc) is 2.68. The Kier molecular flexibility index (Phi) is 6.27. The van der Waals surface area contributed by atoms with Gasteiger partial charge in [0.1, 0.15) is 11.4 Å². The summed E-state index contributed by atoms with van der Waals surface area (Å²) >= 11 is 0. The van der Waals surface area contributed by atoms with Gasteiger partial charge in [-0.2, -0.15) is 0 Å². The van der Waals surface area contributed by atoms with E-state index in [0.717, 1.165) is 55.3 Å². The quantitative estimate of drug-likeness (QED) is 0.849. The number of aryl methyl sites for hydroxylation is 1. The van der Waals surface area contributed by atoms with E-state index < -0.39 is 0 Å². The average molecular weight is 368 g/mol. The lowest BCUT2D eigenvalue weighted by atomic mass is 10.00. The van der Waals surface area contributed by atoms with Crippen LogP contribution in [0.15, 0.2) is 30.3 Å². The summed E-state index contributed by atoms with van der Waals surface area (Å²) in [5.41, 5.74) is 2.37. The van der Waals surface area contributed by atoms with Gasteiger partial charge in [0.2, 0.25) is 5.95 Å². The lowest BCUT2D eigenvalue weighted by molar-refractivity contribution is 0.0949. The second-order valence-corrected chi connectivity index (χ2v) is 7.22. The number of methoxy groups -OCH3 is 1. The van der Waals surface area contributed by atoms with Crippen molar-refractivity contribution in [1.82, 2.24) is 15.3 Å². The molecule has 1 amide bonds. The molecule has 6 heteroatoms. The molecule has 2 heterocycles. The maximum atomic E-state index is 12.6. The fourth-order valence-corrected chi connectivity index (χ4v) is 3.26. The van der Waals surface area contributed by atoms with Gasteiger partial charge in [0.15, 0.2) is 0 Å². The highest BCUT2D eigenvalue weighted by Crippen LogP contribution is 2.20. The molecule has 1 N–H and O–H groups in total. The molecule has 1 aromatic carbocycles. The summed E-state index contributed by atoms with van der Waals surface area (Å²) in [6, 6.07) is 9.62. The van der Waals surface area contributed by atoms with Gasteiger partial charge in [0.05, 0.1) is 7.11 Å². The molecular formula is C21H28N4O2. The SMILES string of the molecule is COc1cccc(CCNC(=O)c2cc(C)nc(N3CCC(C)CC3)n2)c1. The van der Waals surface area contributed by atoms with Gasteiger partial charge in [-0.05, 0) is 55.9 Å². The summed E-state index contributed by atoms with van der Waals surface area (Å²) < 4.78 is 5.23. The minimum atomic E-state index is -0.157. The number of rotatable bonds is 6. The monoisotopic (exact) mass is 368 g/mol. The highest BCUT2D eigenvalue weighted by atomic mass is 16.5. The van der Waals surface area contributed by atoms with E-state index in [-0.39, 0.29) is 5.91 Å². The summed E-state index contributed by atoms with van der Waals surface area (Å²) in [7, 11) is 1.65. The molecule has 0 bridgehead atoms. The molecule has 0 radical (unpaired) electrons. The van der Waals surface area contributed by atoms with E-state index in [1.165, 1.54) is 0 Å². The van der Waals surface area contributed by atoms with Crippen molar-refractivity contribution in [2.24, 2.45) is 5.92 Å². The molecule has 0 aliphatic carbocycles. The van der Waals surface area contributed by atoms with Gasteiger partial charge in [-0.3, -0.25) is 4.79 Å². The molecular weight excluding hydrogens is 340 g/mol.